The Kier molecular flexibility index (Phi) is 6.68. The highest BCUT2D eigenvalue weighted by atomic mass is 79.9. The Balaban J connectivity index is 2.10. The molecule has 0 bridgehead atoms. The van der Waals surface area contributed by atoms with E-state index in [-0.39, 0.29) is 6.10 Å². The van der Waals surface area contributed by atoms with Crippen molar-refractivity contribution in [3.05, 3.63) is 28.2 Å². The van der Waals surface area contributed by atoms with Gasteiger partial charge < -0.3 is 14.8 Å². The molecule has 0 radical (unpaired) electrons. The van der Waals surface area contributed by atoms with E-state index in [4.69, 9.17) is 9.47 Å². The van der Waals surface area contributed by atoms with E-state index in [9.17, 15) is 0 Å². The lowest BCUT2D eigenvalue weighted by Gasteiger charge is -2.31. The summed E-state index contributed by atoms with van der Waals surface area (Å²) in [5.74, 6) is 3.08. The molecule has 0 amide bonds. The first-order chi connectivity index (χ1) is 9.74. The van der Waals surface area contributed by atoms with Gasteiger partial charge in [0.05, 0.1) is 19.8 Å². The van der Waals surface area contributed by atoms with E-state index in [1.54, 1.807) is 7.11 Å². The Hall–Kier alpha value is -0.230. The van der Waals surface area contributed by atoms with Crippen LogP contribution < -0.4 is 10.1 Å². The first-order valence-electron chi connectivity index (χ1n) is 6.99. The van der Waals surface area contributed by atoms with Gasteiger partial charge in [-0.3, -0.25) is 0 Å². The van der Waals surface area contributed by atoms with Gasteiger partial charge in [0.1, 0.15) is 5.75 Å². The highest BCUT2D eigenvalue weighted by molar-refractivity contribution is 9.10. The van der Waals surface area contributed by atoms with Crippen LogP contribution in [0.5, 0.6) is 5.75 Å². The lowest BCUT2D eigenvalue weighted by atomic mass is 10.0. The zero-order valence-electron chi connectivity index (χ0n) is 12.0. The summed E-state index contributed by atoms with van der Waals surface area (Å²) >= 11 is 5.61. The van der Waals surface area contributed by atoms with Gasteiger partial charge in [-0.25, -0.2) is 0 Å². The molecule has 0 aromatic heterocycles. The van der Waals surface area contributed by atoms with Gasteiger partial charge in [0.25, 0.3) is 0 Å². The minimum absolute atomic E-state index is 0.284. The molecular formula is C15H22BrNO2S. The summed E-state index contributed by atoms with van der Waals surface area (Å²) in [7, 11) is 1.70. The fourth-order valence-corrected chi connectivity index (χ4v) is 3.76. The van der Waals surface area contributed by atoms with Gasteiger partial charge >= 0.3 is 0 Å². The maximum atomic E-state index is 5.93. The number of ether oxygens (including phenoxy) is 2. The van der Waals surface area contributed by atoms with E-state index in [0.717, 1.165) is 41.3 Å². The number of likely N-dealkylation sites (N-methyl/N-ethyl adjacent to an activating group) is 1. The van der Waals surface area contributed by atoms with Gasteiger partial charge in [-0.2, -0.15) is 11.8 Å². The second-order valence-corrected chi connectivity index (χ2v) is 6.81. The first kappa shape index (κ1) is 16.1. The van der Waals surface area contributed by atoms with Crippen molar-refractivity contribution in [1.29, 1.82) is 0 Å². The maximum Gasteiger partial charge on any atom is 0.119 e. The summed E-state index contributed by atoms with van der Waals surface area (Å²) < 4.78 is 12.4. The predicted octanol–water partition coefficient (Wildman–Crippen LogP) is 3.11. The van der Waals surface area contributed by atoms with Crippen molar-refractivity contribution in [3.63, 3.8) is 0 Å². The molecule has 5 heteroatoms. The molecule has 1 N–H and O–H groups in total. The Bertz CT molecular complexity index is 424. The number of hydrogen-bond donors (Lipinski definition) is 1. The monoisotopic (exact) mass is 359 g/mol. The molecule has 112 valence electrons. The number of hydrogen-bond acceptors (Lipinski definition) is 4. The van der Waals surface area contributed by atoms with E-state index < -0.39 is 0 Å². The van der Waals surface area contributed by atoms with Crippen molar-refractivity contribution in [3.8, 4) is 5.75 Å². The number of thioether (sulfide) groups is 1. The van der Waals surface area contributed by atoms with Crippen molar-refractivity contribution in [2.45, 2.75) is 25.5 Å². The highest BCUT2D eigenvalue weighted by Crippen LogP contribution is 2.26. The Morgan fingerprint density at radius 1 is 1.55 bits per heavy atom. The molecule has 1 fully saturated rings. The third-order valence-electron chi connectivity index (χ3n) is 3.45. The molecule has 20 heavy (non-hydrogen) atoms. The number of methoxy groups -OCH3 is 1. The summed E-state index contributed by atoms with van der Waals surface area (Å²) in [5, 5.41) is 3.57. The molecule has 1 aliphatic heterocycles. The summed E-state index contributed by atoms with van der Waals surface area (Å²) in [6.07, 6.45) is 1.23. The lowest BCUT2D eigenvalue weighted by Crippen LogP contribution is -2.46. The summed E-state index contributed by atoms with van der Waals surface area (Å²) in [5.41, 5.74) is 1.26. The van der Waals surface area contributed by atoms with Gasteiger partial charge in [0.15, 0.2) is 0 Å². The van der Waals surface area contributed by atoms with Crippen LogP contribution in [-0.4, -0.2) is 43.9 Å². The van der Waals surface area contributed by atoms with Crippen molar-refractivity contribution in [2.75, 3.05) is 31.8 Å². The first-order valence-corrected chi connectivity index (χ1v) is 8.94. The van der Waals surface area contributed by atoms with Crippen LogP contribution in [0, 0.1) is 0 Å². The topological polar surface area (TPSA) is 30.5 Å². The molecule has 2 atom stereocenters. The fraction of sp³-hybridized carbons (Fsp3) is 0.600. The van der Waals surface area contributed by atoms with Crippen molar-refractivity contribution in [1.82, 2.24) is 5.32 Å². The summed E-state index contributed by atoms with van der Waals surface area (Å²) in [6.45, 7) is 3.96. The SMILES string of the molecule is CCNC(Cc1cc(OC)ccc1Br)C1CSCCO1. The van der Waals surface area contributed by atoms with E-state index in [1.165, 1.54) is 5.56 Å². The van der Waals surface area contributed by atoms with Crippen LogP contribution in [0.3, 0.4) is 0 Å². The van der Waals surface area contributed by atoms with Gasteiger partial charge in [0.2, 0.25) is 0 Å². The fourth-order valence-electron chi connectivity index (χ4n) is 2.41. The number of halogens is 1. The van der Waals surface area contributed by atoms with Crippen LogP contribution in [0.2, 0.25) is 0 Å². The quantitative estimate of drug-likeness (QED) is 0.845. The minimum atomic E-state index is 0.284. The molecule has 1 aliphatic rings. The standard InChI is InChI=1S/C15H22BrNO2S/c1-3-17-14(15-10-20-7-6-19-15)9-11-8-12(18-2)4-5-13(11)16/h4-5,8,14-15,17H,3,6-7,9-10H2,1-2H3. The molecule has 1 saturated heterocycles. The van der Waals surface area contributed by atoms with Crippen LogP contribution in [0.1, 0.15) is 12.5 Å². The smallest absolute Gasteiger partial charge is 0.119 e. The van der Waals surface area contributed by atoms with E-state index in [0.29, 0.717) is 6.04 Å². The largest absolute Gasteiger partial charge is 0.497 e. The predicted molar refractivity (Wildman–Crippen MR) is 88.9 cm³/mol. The minimum Gasteiger partial charge on any atom is -0.497 e. The van der Waals surface area contributed by atoms with E-state index in [1.807, 2.05) is 23.9 Å². The molecule has 2 rings (SSSR count). The number of rotatable bonds is 6. The average Bonchev–Trinajstić information content (AvgIpc) is 2.49. The van der Waals surface area contributed by atoms with Crippen LogP contribution in [0.25, 0.3) is 0 Å². The molecule has 2 unspecified atom stereocenters. The van der Waals surface area contributed by atoms with E-state index >= 15 is 0 Å². The second-order valence-electron chi connectivity index (χ2n) is 4.81. The molecule has 1 aromatic rings. The zero-order chi connectivity index (χ0) is 14.4. The van der Waals surface area contributed by atoms with Crippen LogP contribution in [0.4, 0.5) is 0 Å². The number of benzene rings is 1. The lowest BCUT2D eigenvalue weighted by molar-refractivity contribution is 0.0475. The van der Waals surface area contributed by atoms with Gasteiger partial charge in [-0.1, -0.05) is 22.9 Å². The van der Waals surface area contributed by atoms with Crippen LogP contribution in [-0.2, 0) is 11.2 Å². The highest BCUT2D eigenvalue weighted by Gasteiger charge is 2.25. The Labute approximate surface area is 133 Å². The normalized spacial score (nSPS) is 20.6. The van der Waals surface area contributed by atoms with E-state index in [2.05, 4.69) is 34.2 Å². The van der Waals surface area contributed by atoms with Crippen LogP contribution in [0.15, 0.2) is 22.7 Å². The number of nitrogens with one attached hydrogen (secondary N) is 1. The average molecular weight is 360 g/mol. The molecule has 3 nitrogen and oxygen atoms in total. The summed E-state index contributed by atoms with van der Waals surface area (Å²) in [6, 6.07) is 6.47. The van der Waals surface area contributed by atoms with Crippen LogP contribution >= 0.6 is 27.7 Å². The Morgan fingerprint density at radius 3 is 3.05 bits per heavy atom. The van der Waals surface area contributed by atoms with Crippen molar-refractivity contribution in [2.24, 2.45) is 0 Å². The molecule has 0 spiro atoms. The molecule has 1 aromatic carbocycles. The molecule has 0 aliphatic carbocycles. The van der Waals surface area contributed by atoms with Gasteiger partial charge in [0, 0.05) is 22.0 Å². The second kappa shape index (κ2) is 8.27. The maximum absolute atomic E-state index is 5.93. The van der Waals surface area contributed by atoms with Gasteiger partial charge in [-0.15, -0.1) is 0 Å². The third-order valence-corrected chi connectivity index (χ3v) is 5.24. The van der Waals surface area contributed by atoms with Crippen molar-refractivity contribution < 1.29 is 9.47 Å². The molecule has 1 heterocycles. The van der Waals surface area contributed by atoms with Gasteiger partial charge in [-0.05, 0) is 36.7 Å². The Morgan fingerprint density at radius 2 is 2.40 bits per heavy atom. The molecule has 0 saturated carbocycles. The summed E-state index contributed by atoms with van der Waals surface area (Å²) in [4.78, 5) is 0. The molecular weight excluding hydrogens is 338 g/mol. The zero-order valence-corrected chi connectivity index (χ0v) is 14.4. The van der Waals surface area contributed by atoms with Crippen molar-refractivity contribution >= 4 is 27.7 Å². The third kappa shape index (κ3) is 4.38.